The second-order valence-corrected chi connectivity index (χ2v) is 7.56. The lowest BCUT2D eigenvalue weighted by molar-refractivity contribution is -0.139. The highest BCUT2D eigenvalue weighted by molar-refractivity contribution is 8.22. The van der Waals surface area contributed by atoms with E-state index in [1.54, 1.807) is 11.8 Å². The first-order chi connectivity index (χ1) is 13.0. The standard InChI is InChI=1S/C20H25N3O3S/c1-5-25-17-9-7-6-8-15(17)18-13-23-12-16(14(2)21-20(23)27-18)19(24)26-11-10-22(3)4/h6-9,13H,5,10-12H2,1-4H3. The van der Waals surface area contributed by atoms with Crippen molar-refractivity contribution < 1.29 is 14.3 Å². The quantitative estimate of drug-likeness (QED) is 0.670. The Morgan fingerprint density at radius 2 is 2.11 bits per heavy atom. The molecule has 0 fully saturated rings. The van der Waals surface area contributed by atoms with Crippen LogP contribution in [-0.2, 0) is 9.53 Å². The summed E-state index contributed by atoms with van der Waals surface area (Å²) < 4.78 is 11.1. The number of amidine groups is 1. The van der Waals surface area contributed by atoms with Crippen LogP contribution in [0.15, 0.2) is 46.7 Å². The fourth-order valence-electron chi connectivity index (χ4n) is 2.77. The zero-order valence-corrected chi connectivity index (χ0v) is 17.0. The van der Waals surface area contributed by atoms with Crippen molar-refractivity contribution in [3.63, 3.8) is 0 Å². The number of likely N-dealkylation sites (N-methyl/N-ethyl adjacent to an activating group) is 1. The number of benzene rings is 1. The van der Waals surface area contributed by atoms with Crippen molar-refractivity contribution in [2.24, 2.45) is 4.99 Å². The molecular formula is C20H25N3O3S. The third kappa shape index (κ3) is 4.54. The van der Waals surface area contributed by atoms with Crippen LogP contribution in [0.5, 0.6) is 5.75 Å². The molecule has 27 heavy (non-hydrogen) atoms. The molecule has 2 aliphatic heterocycles. The van der Waals surface area contributed by atoms with Crippen LogP contribution in [0.2, 0.25) is 0 Å². The van der Waals surface area contributed by atoms with E-state index in [2.05, 4.69) is 4.99 Å². The van der Waals surface area contributed by atoms with E-state index in [0.29, 0.717) is 31.9 Å². The predicted octanol–water partition coefficient (Wildman–Crippen LogP) is 3.18. The fourth-order valence-corrected chi connectivity index (χ4v) is 3.84. The van der Waals surface area contributed by atoms with Crippen molar-refractivity contribution >= 4 is 27.8 Å². The van der Waals surface area contributed by atoms with E-state index in [9.17, 15) is 4.79 Å². The smallest absolute Gasteiger partial charge is 0.337 e. The van der Waals surface area contributed by atoms with Crippen LogP contribution < -0.4 is 4.74 Å². The molecule has 0 amide bonds. The Morgan fingerprint density at radius 1 is 1.33 bits per heavy atom. The first kappa shape index (κ1) is 19.5. The molecule has 0 N–H and O–H groups in total. The summed E-state index contributed by atoms with van der Waals surface area (Å²) in [7, 11) is 3.90. The second kappa shape index (κ2) is 8.63. The van der Waals surface area contributed by atoms with Crippen LogP contribution in [0.1, 0.15) is 19.4 Å². The molecule has 2 aliphatic rings. The molecule has 6 nitrogen and oxygen atoms in total. The Hall–Kier alpha value is -2.25. The van der Waals surface area contributed by atoms with E-state index in [4.69, 9.17) is 9.47 Å². The minimum atomic E-state index is -0.293. The summed E-state index contributed by atoms with van der Waals surface area (Å²) in [6.45, 7) is 5.99. The monoisotopic (exact) mass is 387 g/mol. The molecule has 0 aliphatic carbocycles. The molecule has 3 rings (SSSR count). The van der Waals surface area contributed by atoms with Crippen LogP contribution in [0.25, 0.3) is 4.91 Å². The maximum absolute atomic E-state index is 12.4. The summed E-state index contributed by atoms with van der Waals surface area (Å²) in [5.41, 5.74) is 2.36. The molecule has 0 aromatic heterocycles. The van der Waals surface area contributed by atoms with Gasteiger partial charge in [-0.05, 0) is 45.8 Å². The lowest BCUT2D eigenvalue weighted by atomic mass is 10.1. The lowest BCUT2D eigenvalue weighted by Gasteiger charge is -2.23. The minimum Gasteiger partial charge on any atom is -0.493 e. The van der Waals surface area contributed by atoms with Gasteiger partial charge in [0.15, 0.2) is 5.17 Å². The number of fused-ring (bicyclic) bond motifs is 1. The number of hydrogen-bond donors (Lipinski definition) is 0. The van der Waals surface area contributed by atoms with E-state index < -0.39 is 0 Å². The maximum Gasteiger partial charge on any atom is 0.337 e. The molecule has 1 aromatic rings. The van der Waals surface area contributed by atoms with Crippen molar-refractivity contribution in [3.8, 4) is 5.75 Å². The van der Waals surface area contributed by atoms with Crippen LogP contribution in [0.3, 0.4) is 0 Å². The Bertz CT molecular complexity index is 814. The molecule has 0 saturated heterocycles. The third-order valence-electron chi connectivity index (χ3n) is 4.22. The van der Waals surface area contributed by atoms with Crippen LogP contribution in [0, 0.1) is 0 Å². The van der Waals surface area contributed by atoms with Crippen molar-refractivity contribution in [1.29, 1.82) is 0 Å². The van der Waals surface area contributed by atoms with Gasteiger partial charge in [0.25, 0.3) is 0 Å². The topological polar surface area (TPSA) is 54.4 Å². The van der Waals surface area contributed by atoms with Gasteiger partial charge in [-0.1, -0.05) is 18.2 Å². The largest absolute Gasteiger partial charge is 0.493 e. The molecule has 0 spiro atoms. The molecule has 0 atom stereocenters. The summed E-state index contributed by atoms with van der Waals surface area (Å²) in [5, 5.41) is 0.874. The second-order valence-electron chi connectivity index (χ2n) is 6.55. The van der Waals surface area contributed by atoms with Gasteiger partial charge in [0.1, 0.15) is 12.4 Å². The average Bonchev–Trinajstić information content (AvgIpc) is 3.04. The molecule has 0 radical (unpaired) electrons. The SMILES string of the molecule is CCOc1ccccc1C1=CN2CC(C(=O)OCCN(C)C)=C(C)N=C2S1. The van der Waals surface area contributed by atoms with Gasteiger partial charge >= 0.3 is 5.97 Å². The number of allylic oxidation sites excluding steroid dienone is 1. The van der Waals surface area contributed by atoms with Crippen molar-refractivity contribution in [2.75, 3.05) is 40.4 Å². The Morgan fingerprint density at radius 3 is 2.85 bits per heavy atom. The van der Waals surface area contributed by atoms with E-state index >= 15 is 0 Å². The molecule has 144 valence electrons. The Kier molecular flexibility index (Phi) is 6.23. The lowest BCUT2D eigenvalue weighted by Crippen LogP contribution is -2.31. The normalized spacial score (nSPS) is 16.3. The highest BCUT2D eigenvalue weighted by Gasteiger charge is 2.30. The number of ether oxygens (including phenoxy) is 2. The number of carbonyl (C=O) groups is 1. The van der Waals surface area contributed by atoms with E-state index in [-0.39, 0.29) is 5.97 Å². The maximum atomic E-state index is 12.4. The number of para-hydroxylation sites is 1. The molecule has 0 bridgehead atoms. The minimum absolute atomic E-state index is 0.293. The van der Waals surface area contributed by atoms with Gasteiger partial charge in [-0.2, -0.15) is 0 Å². The van der Waals surface area contributed by atoms with Gasteiger partial charge in [0.05, 0.1) is 24.4 Å². The Labute approximate surface area is 164 Å². The van der Waals surface area contributed by atoms with Gasteiger partial charge in [0, 0.05) is 23.2 Å². The molecule has 0 unspecified atom stereocenters. The zero-order chi connectivity index (χ0) is 19.4. The van der Waals surface area contributed by atoms with Gasteiger partial charge in [-0.15, -0.1) is 0 Å². The summed E-state index contributed by atoms with van der Waals surface area (Å²) in [4.78, 5) is 22.1. The fraction of sp³-hybridized carbons (Fsp3) is 0.400. The highest BCUT2D eigenvalue weighted by atomic mass is 32.2. The number of esters is 1. The van der Waals surface area contributed by atoms with Crippen LogP contribution >= 0.6 is 11.8 Å². The number of hydrogen-bond acceptors (Lipinski definition) is 7. The number of carbonyl (C=O) groups excluding carboxylic acids is 1. The number of thioether (sulfide) groups is 1. The molecular weight excluding hydrogens is 362 g/mol. The summed E-state index contributed by atoms with van der Waals surface area (Å²) >= 11 is 1.59. The summed E-state index contributed by atoms with van der Waals surface area (Å²) in [6, 6.07) is 7.97. The van der Waals surface area contributed by atoms with E-state index in [0.717, 1.165) is 27.1 Å². The average molecular weight is 388 g/mol. The first-order valence-electron chi connectivity index (χ1n) is 8.98. The molecule has 1 aromatic carbocycles. The molecule has 7 heteroatoms. The molecule has 0 saturated carbocycles. The zero-order valence-electron chi connectivity index (χ0n) is 16.2. The van der Waals surface area contributed by atoms with Gasteiger partial charge in [-0.25, -0.2) is 9.79 Å². The van der Waals surface area contributed by atoms with Crippen LogP contribution in [-0.4, -0.2) is 61.3 Å². The van der Waals surface area contributed by atoms with Gasteiger partial charge in [-0.3, -0.25) is 0 Å². The third-order valence-corrected chi connectivity index (χ3v) is 5.27. The summed E-state index contributed by atoms with van der Waals surface area (Å²) in [6.07, 6.45) is 2.03. The summed E-state index contributed by atoms with van der Waals surface area (Å²) in [5.74, 6) is 0.561. The van der Waals surface area contributed by atoms with Crippen molar-refractivity contribution in [2.45, 2.75) is 13.8 Å². The van der Waals surface area contributed by atoms with Gasteiger partial charge < -0.3 is 19.3 Å². The van der Waals surface area contributed by atoms with Crippen molar-refractivity contribution in [3.05, 3.63) is 47.3 Å². The Balaban J connectivity index is 1.74. The molecule has 2 heterocycles. The van der Waals surface area contributed by atoms with Gasteiger partial charge in [0.2, 0.25) is 0 Å². The van der Waals surface area contributed by atoms with E-state index in [1.165, 1.54) is 0 Å². The highest BCUT2D eigenvalue weighted by Crippen LogP contribution is 2.42. The predicted molar refractivity (Wildman–Crippen MR) is 110 cm³/mol. The number of nitrogens with zero attached hydrogens (tertiary/aromatic N) is 3. The number of aliphatic imine (C=N–C) groups is 1. The first-order valence-corrected chi connectivity index (χ1v) is 9.80. The van der Waals surface area contributed by atoms with E-state index in [1.807, 2.05) is 68.2 Å². The van der Waals surface area contributed by atoms with Crippen LogP contribution in [0.4, 0.5) is 0 Å². The van der Waals surface area contributed by atoms with Crippen molar-refractivity contribution in [1.82, 2.24) is 9.80 Å². The number of rotatable bonds is 7.